The number of aryl methyl sites for hydroxylation is 1. The molecule has 0 atom stereocenters. The molecule has 0 saturated carbocycles. The Balaban J connectivity index is 1.70. The third-order valence-corrected chi connectivity index (χ3v) is 4.98. The van der Waals surface area contributed by atoms with Crippen molar-refractivity contribution in [2.75, 3.05) is 13.1 Å². The van der Waals surface area contributed by atoms with Crippen LogP contribution in [0.2, 0.25) is 0 Å². The number of rotatable bonds is 8. The van der Waals surface area contributed by atoms with Crippen molar-refractivity contribution < 1.29 is 13.2 Å². The molecule has 0 fully saturated rings. The molecule has 1 amide bonds. The van der Waals surface area contributed by atoms with Crippen molar-refractivity contribution in [2.45, 2.75) is 18.2 Å². The van der Waals surface area contributed by atoms with E-state index in [-0.39, 0.29) is 17.3 Å². The lowest BCUT2D eigenvalue weighted by Gasteiger charge is -2.07. The number of benzene rings is 2. The Morgan fingerprint density at radius 2 is 1.68 bits per heavy atom. The summed E-state index contributed by atoms with van der Waals surface area (Å²) in [5, 5.41) is 2.73. The van der Waals surface area contributed by atoms with Gasteiger partial charge in [0.05, 0.1) is 4.90 Å². The zero-order chi connectivity index (χ0) is 18.1. The zero-order valence-electron chi connectivity index (χ0n) is 14.1. The van der Waals surface area contributed by atoms with Crippen molar-refractivity contribution in [3.63, 3.8) is 0 Å². The van der Waals surface area contributed by atoms with E-state index in [1.165, 1.54) is 6.08 Å². The first-order chi connectivity index (χ1) is 12.0. The lowest BCUT2D eigenvalue weighted by molar-refractivity contribution is -0.116. The number of sulfonamides is 1. The Kier molecular flexibility index (Phi) is 6.91. The van der Waals surface area contributed by atoms with E-state index in [1.54, 1.807) is 30.3 Å². The fourth-order valence-electron chi connectivity index (χ4n) is 2.10. The van der Waals surface area contributed by atoms with Crippen LogP contribution in [0.4, 0.5) is 0 Å². The van der Waals surface area contributed by atoms with Crippen LogP contribution in [0.1, 0.15) is 17.5 Å². The molecule has 132 valence electrons. The maximum absolute atomic E-state index is 12.1. The normalized spacial score (nSPS) is 11.6. The Hall–Kier alpha value is -2.44. The van der Waals surface area contributed by atoms with Crippen LogP contribution in [-0.4, -0.2) is 27.4 Å². The number of nitrogens with one attached hydrogen (secondary N) is 2. The molecule has 0 aliphatic carbocycles. The highest BCUT2D eigenvalue weighted by molar-refractivity contribution is 7.89. The second-order valence-electron chi connectivity index (χ2n) is 5.60. The van der Waals surface area contributed by atoms with Gasteiger partial charge in [-0.15, -0.1) is 0 Å². The molecule has 0 radical (unpaired) electrons. The number of hydrogen-bond donors (Lipinski definition) is 2. The summed E-state index contributed by atoms with van der Waals surface area (Å²) in [4.78, 5) is 11.9. The van der Waals surface area contributed by atoms with Crippen LogP contribution in [0.25, 0.3) is 6.08 Å². The first-order valence-electron chi connectivity index (χ1n) is 8.05. The monoisotopic (exact) mass is 358 g/mol. The first kappa shape index (κ1) is 18.9. The second-order valence-corrected chi connectivity index (χ2v) is 7.37. The lowest BCUT2D eigenvalue weighted by Crippen LogP contribution is -2.29. The summed E-state index contributed by atoms with van der Waals surface area (Å²) >= 11 is 0. The van der Waals surface area contributed by atoms with E-state index in [2.05, 4.69) is 10.0 Å². The molecule has 2 N–H and O–H groups in total. The average Bonchev–Trinajstić information content (AvgIpc) is 2.61. The van der Waals surface area contributed by atoms with Crippen LogP contribution in [-0.2, 0) is 14.8 Å². The molecule has 2 aromatic rings. The molecule has 2 rings (SSSR count). The summed E-state index contributed by atoms with van der Waals surface area (Å²) in [6.07, 6.45) is 3.71. The molecule has 5 nitrogen and oxygen atoms in total. The van der Waals surface area contributed by atoms with Crippen molar-refractivity contribution in [2.24, 2.45) is 0 Å². The SMILES string of the molecule is Cc1ccc(S(=O)(=O)NCCCNC(=O)/C=C/c2ccccc2)cc1. The molecule has 0 unspecified atom stereocenters. The first-order valence-corrected chi connectivity index (χ1v) is 9.53. The summed E-state index contributed by atoms with van der Waals surface area (Å²) in [5.74, 6) is -0.203. The van der Waals surface area contributed by atoms with Crippen molar-refractivity contribution in [3.05, 3.63) is 71.8 Å². The van der Waals surface area contributed by atoms with Crippen LogP contribution >= 0.6 is 0 Å². The minimum Gasteiger partial charge on any atom is -0.353 e. The Morgan fingerprint density at radius 3 is 2.36 bits per heavy atom. The maximum Gasteiger partial charge on any atom is 0.243 e. The van der Waals surface area contributed by atoms with E-state index in [0.717, 1.165) is 11.1 Å². The number of carbonyl (C=O) groups excluding carboxylic acids is 1. The molecule has 0 spiro atoms. The maximum atomic E-state index is 12.1. The third-order valence-electron chi connectivity index (χ3n) is 3.50. The summed E-state index contributed by atoms with van der Waals surface area (Å²) < 4.78 is 26.7. The lowest BCUT2D eigenvalue weighted by atomic mass is 10.2. The number of amides is 1. The molecule has 0 aromatic heterocycles. The topological polar surface area (TPSA) is 75.3 Å². The molecule has 25 heavy (non-hydrogen) atoms. The van der Waals surface area contributed by atoms with Crippen molar-refractivity contribution in [1.82, 2.24) is 10.0 Å². The highest BCUT2D eigenvalue weighted by Crippen LogP contribution is 2.09. The minimum atomic E-state index is -3.50. The summed E-state index contributed by atoms with van der Waals surface area (Å²) in [6.45, 7) is 2.56. The molecule has 0 saturated heterocycles. The van der Waals surface area contributed by atoms with Crippen LogP contribution < -0.4 is 10.0 Å². The average molecular weight is 358 g/mol. The van der Waals surface area contributed by atoms with Gasteiger partial charge in [0.15, 0.2) is 0 Å². The smallest absolute Gasteiger partial charge is 0.243 e. The van der Waals surface area contributed by atoms with Crippen LogP contribution in [0, 0.1) is 6.92 Å². The quantitative estimate of drug-likeness (QED) is 0.562. The Labute approximate surface area is 148 Å². The van der Waals surface area contributed by atoms with Gasteiger partial charge in [0, 0.05) is 19.2 Å². The van der Waals surface area contributed by atoms with E-state index in [1.807, 2.05) is 37.3 Å². The third kappa shape index (κ3) is 6.52. The van der Waals surface area contributed by atoms with Gasteiger partial charge in [-0.2, -0.15) is 0 Å². The van der Waals surface area contributed by atoms with Gasteiger partial charge in [0.2, 0.25) is 15.9 Å². The molecule has 6 heteroatoms. The standard InChI is InChI=1S/C19H22N2O3S/c1-16-8-11-18(12-9-16)25(23,24)21-15-5-14-20-19(22)13-10-17-6-3-2-4-7-17/h2-4,6-13,21H,5,14-15H2,1H3,(H,20,22)/b13-10+. The summed E-state index contributed by atoms with van der Waals surface area (Å²) in [6, 6.07) is 16.2. The zero-order valence-corrected chi connectivity index (χ0v) is 14.9. The molecule has 2 aromatic carbocycles. The van der Waals surface area contributed by atoms with Gasteiger partial charge in [0.1, 0.15) is 0 Å². The van der Waals surface area contributed by atoms with Crippen molar-refractivity contribution in [3.8, 4) is 0 Å². The second kappa shape index (κ2) is 9.15. The van der Waals surface area contributed by atoms with Crippen molar-refractivity contribution in [1.29, 1.82) is 0 Å². The molecule has 0 aliphatic heterocycles. The molecule has 0 bridgehead atoms. The van der Waals surface area contributed by atoms with Gasteiger partial charge in [-0.1, -0.05) is 48.0 Å². The van der Waals surface area contributed by atoms with E-state index in [4.69, 9.17) is 0 Å². The number of hydrogen-bond acceptors (Lipinski definition) is 3. The van der Waals surface area contributed by atoms with E-state index >= 15 is 0 Å². The van der Waals surface area contributed by atoms with Crippen LogP contribution in [0.3, 0.4) is 0 Å². The van der Waals surface area contributed by atoms with Gasteiger partial charge < -0.3 is 5.32 Å². The molecule has 0 aliphatic rings. The molecule has 0 heterocycles. The predicted octanol–water partition coefficient (Wildman–Crippen LogP) is 2.49. The molecular formula is C19H22N2O3S. The summed E-state index contributed by atoms with van der Waals surface area (Å²) in [5.41, 5.74) is 1.95. The Bertz CT molecular complexity index is 814. The predicted molar refractivity (Wildman–Crippen MR) is 99.5 cm³/mol. The van der Waals surface area contributed by atoms with E-state index in [9.17, 15) is 13.2 Å². The van der Waals surface area contributed by atoms with Crippen LogP contribution in [0.15, 0.2) is 65.6 Å². The van der Waals surface area contributed by atoms with Gasteiger partial charge >= 0.3 is 0 Å². The van der Waals surface area contributed by atoms with E-state index in [0.29, 0.717) is 13.0 Å². The largest absolute Gasteiger partial charge is 0.353 e. The minimum absolute atomic E-state index is 0.203. The van der Waals surface area contributed by atoms with Gasteiger partial charge in [0.25, 0.3) is 0 Å². The fraction of sp³-hybridized carbons (Fsp3) is 0.211. The highest BCUT2D eigenvalue weighted by Gasteiger charge is 2.12. The molecular weight excluding hydrogens is 336 g/mol. The summed E-state index contributed by atoms with van der Waals surface area (Å²) in [7, 11) is -3.50. The van der Waals surface area contributed by atoms with Crippen LogP contribution in [0.5, 0.6) is 0 Å². The van der Waals surface area contributed by atoms with Gasteiger partial charge in [-0.3, -0.25) is 4.79 Å². The van der Waals surface area contributed by atoms with Gasteiger partial charge in [-0.25, -0.2) is 13.1 Å². The number of carbonyl (C=O) groups is 1. The van der Waals surface area contributed by atoms with Gasteiger partial charge in [-0.05, 0) is 37.1 Å². The highest BCUT2D eigenvalue weighted by atomic mass is 32.2. The van der Waals surface area contributed by atoms with Crippen molar-refractivity contribution >= 4 is 22.0 Å². The van der Waals surface area contributed by atoms with E-state index < -0.39 is 10.0 Å². The fourth-order valence-corrected chi connectivity index (χ4v) is 3.18. The Morgan fingerprint density at radius 1 is 1.00 bits per heavy atom.